The van der Waals surface area contributed by atoms with E-state index in [9.17, 15) is 10.5 Å². The molecule has 0 saturated heterocycles. The molecule has 1 unspecified atom stereocenters. The van der Waals surface area contributed by atoms with Gasteiger partial charge in [-0.05, 0) is 59.7 Å². The maximum Gasteiger partial charge on any atom is 0.0991 e. The summed E-state index contributed by atoms with van der Waals surface area (Å²) in [5, 5.41) is 27.0. The van der Waals surface area contributed by atoms with E-state index in [-0.39, 0.29) is 6.04 Å². The average molecular weight is 643 g/mol. The fourth-order valence-corrected chi connectivity index (χ4v) is 9.43. The van der Waals surface area contributed by atoms with Gasteiger partial charge in [-0.3, -0.25) is 0 Å². The lowest BCUT2D eigenvalue weighted by molar-refractivity contribution is 0.655. The Morgan fingerprint density at radius 1 is 0.571 bits per heavy atom. The monoisotopic (exact) mass is 642 g/mol. The first-order valence-corrected chi connectivity index (χ1v) is 17.2. The van der Waals surface area contributed by atoms with Crippen molar-refractivity contribution >= 4 is 80.7 Å². The first kappa shape index (κ1) is 27.7. The van der Waals surface area contributed by atoms with Gasteiger partial charge in [-0.1, -0.05) is 91.0 Å². The summed E-state index contributed by atoms with van der Waals surface area (Å²) in [4.78, 5) is 0. The van der Waals surface area contributed by atoms with Crippen LogP contribution in [0.3, 0.4) is 0 Å². The van der Waals surface area contributed by atoms with Crippen molar-refractivity contribution in [3.8, 4) is 17.8 Å². The van der Waals surface area contributed by atoms with Gasteiger partial charge in [0.15, 0.2) is 0 Å². The summed E-state index contributed by atoms with van der Waals surface area (Å²) in [5.41, 5.74) is 9.50. The Morgan fingerprint density at radius 2 is 1.27 bits per heavy atom. The highest BCUT2D eigenvalue weighted by molar-refractivity contribution is 7.27. The molecule has 5 heteroatoms. The van der Waals surface area contributed by atoms with E-state index < -0.39 is 0 Å². The van der Waals surface area contributed by atoms with Crippen molar-refractivity contribution in [1.82, 2.24) is 9.13 Å². The maximum absolute atomic E-state index is 10.1. The highest BCUT2D eigenvalue weighted by Gasteiger charge is 2.28. The van der Waals surface area contributed by atoms with Crippen LogP contribution in [0.5, 0.6) is 0 Å². The van der Waals surface area contributed by atoms with E-state index >= 15 is 0 Å². The number of allylic oxidation sites excluding steroid dienone is 4. The van der Waals surface area contributed by atoms with Crippen molar-refractivity contribution in [2.45, 2.75) is 12.5 Å². The van der Waals surface area contributed by atoms with Crippen LogP contribution in [0.4, 0.5) is 0 Å². The zero-order valence-corrected chi connectivity index (χ0v) is 27.1. The number of fused-ring (bicyclic) bond motifs is 10. The first-order valence-electron chi connectivity index (χ1n) is 16.4. The quantitative estimate of drug-likeness (QED) is 0.193. The van der Waals surface area contributed by atoms with Gasteiger partial charge in [0.25, 0.3) is 0 Å². The molecule has 6 aromatic carbocycles. The van der Waals surface area contributed by atoms with Gasteiger partial charge in [-0.15, -0.1) is 11.3 Å². The molecular weight excluding hydrogens is 617 g/mol. The smallest absolute Gasteiger partial charge is 0.0991 e. The highest BCUT2D eigenvalue weighted by atomic mass is 32.1. The molecule has 0 N–H and O–H groups in total. The molecule has 0 amide bonds. The lowest BCUT2D eigenvalue weighted by atomic mass is 9.88. The molecule has 228 valence electrons. The summed E-state index contributed by atoms with van der Waals surface area (Å²) in [6, 6.07) is 49.6. The van der Waals surface area contributed by atoms with E-state index in [2.05, 4.69) is 143 Å². The lowest BCUT2D eigenvalue weighted by Gasteiger charge is -2.27. The summed E-state index contributed by atoms with van der Waals surface area (Å²) in [6.07, 6.45) is 4.74. The van der Waals surface area contributed by atoms with Crippen molar-refractivity contribution in [1.29, 1.82) is 10.5 Å². The van der Waals surface area contributed by atoms with Gasteiger partial charge in [-0.2, -0.15) is 10.5 Å². The number of hydrogen-bond donors (Lipinski definition) is 0. The van der Waals surface area contributed by atoms with Crippen LogP contribution in [0.1, 0.15) is 23.6 Å². The minimum Gasteiger partial charge on any atom is -0.332 e. The van der Waals surface area contributed by atoms with E-state index in [0.29, 0.717) is 12.0 Å². The number of para-hydroxylation sites is 3. The summed E-state index contributed by atoms with van der Waals surface area (Å²) < 4.78 is 7.31. The molecule has 49 heavy (non-hydrogen) atoms. The van der Waals surface area contributed by atoms with Gasteiger partial charge < -0.3 is 9.13 Å². The molecule has 1 aliphatic rings. The van der Waals surface area contributed by atoms with Crippen LogP contribution < -0.4 is 0 Å². The molecule has 1 aliphatic carbocycles. The Labute approximate surface area is 285 Å². The van der Waals surface area contributed by atoms with Crippen LogP contribution in [0, 0.1) is 22.7 Å². The molecule has 3 heterocycles. The second-order valence-corrected chi connectivity index (χ2v) is 13.7. The summed E-state index contributed by atoms with van der Waals surface area (Å²) in [6.45, 7) is 0. The van der Waals surface area contributed by atoms with Crippen LogP contribution in [0.25, 0.3) is 75.0 Å². The fraction of sp³-hybridized carbons (Fsp3) is 0.0455. The normalized spacial score (nSPS) is 14.9. The number of nitrogens with zero attached hydrogens (tertiary/aromatic N) is 4. The summed E-state index contributed by atoms with van der Waals surface area (Å²) >= 11 is 1.86. The lowest BCUT2D eigenvalue weighted by Crippen LogP contribution is -2.14. The largest absolute Gasteiger partial charge is 0.332 e. The van der Waals surface area contributed by atoms with Crippen molar-refractivity contribution in [2.24, 2.45) is 0 Å². The third-order valence-corrected chi connectivity index (χ3v) is 11.4. The van der Waals surface area contributed by atoms with E-state index in [4.69, 9.17) is 0 Å². The molecule has 0 fully saturated rings. The molecule has 0 saturated carbocycles. The van der Waals surface area contributed by atoms with E-state index in [1.54, 1.807) is 0 Å². The van der Waals surface area contributed by atoms with Crippen LogP contribution in [-0.2, 0) is 0 Å². The van der Waals surface area contributed by atoms with E-state index in [1.807, 2.05) is 29.5 Å². The Kier molecular flexibility index (Phi) is 5.96. The minimum absolute atomic E-state index is 0.110. The zero-order chi connectivity index (χ0) is 32.6. The van der Waals surface area contributed by atoms with Crippen molar-refractivity contribution < 1.29 is 0 Å². The van der Waals surface area contributed by atoms with Crippen LogP contribution >= 0.6 is 11.3 Å². The zero-order valence-electron chi connectivity index (χ0n) is 26.3. The van der Waals surface area contributed by atoms with Crippen molar-refractivity contribution in [3.05, 3.63) is 156 Å². The SMILES string of the molecule is N#CC1=CC=C(c2cccc3c2sc2c3ccc3c4ccccc4n(-c4ccccc4)c32)C(n2c3ccccc3c3cc(C#N)ccc32)C1. The third-order valence-electron chi connectivity index (χ3n) is 10.2. The number of rotatable bonds is 3. The van der Waals surface area contributed by atoms with Crippen LogP contribution in [-0.4, -0.2) is 9.13 Å². The Hall–Kier alpha value is -6.40. The predicted molar refractivity (Wildman–Crippen MR) is 203 cm³/mol. The third kappa shape index (κ3) is 3.94. The maximum atomic E-state index is 10.1. The molecule has 1 atom stereocenters. The number of aromatic nitrogens is 2. The Balaban J connectivity index is 1.27. The standard InChI is InChI=1S/C44H26N4S/c45-25-27-18-22-40-37(23-27)31-12-5-7-16-39(31)48(40)41-24-28(26-46)17-19-32(41)34-13-8-14-35-36-21-20-33-30-11-4-6-15-38(30)47(29-9-2-1-3-10-29)42(33)44(36)49-43(34)35/h1-23,41H,24H2. The van der Waals surface area contributed by atoms with Gasteiger partial charge in [0.1, 0.15) is 0 Å². The number of thiophene rings is 1. The van der Waals surface area contributed by atoms with Gasteiger partial charge >= 0.3 is 0 Å². The number of nitriles is 2. The second kappa shape index (κ2) is 10.6. The highest BCUT2D eigenvalue weighted by Crippen LogP contribution is 2.48. The minimum atomic E-state index is -0.110. The molecule has 0 radical (unpaired) electrons. The van der Waals surface area contributed by atoms with Gasteiger partial charge in [0.2, 0.25) is 0 Å². The first-order chi connectivity index (χ1) is 24.2. The average Bonchev–Trinajstić information content (AvgIpc) is 3.82. The molecule has 0 aliphatic heterocycles. The summed E-state index contributed by atoms with van der Waals surface area (Å²) in [7, 11) is 0. The molecular formula is C44H26N4S. The van der Waals surface area contributed by atoms with Crippen molar-refractivity contribution in [3.63, 3.8) is 0 Å². The summed E-state index contributed by atoms with van der Waals surface area (Å²) in [5.74, 6) is 0. The number of benzene rings is 6. The van der Waals surface area contributed by atoms with Gasteiger partial charge in [-0.25, -0.2) is 0 Å². The van der Waals surface area contributed by atoms with E-state index in [1.165, 1.54) is 53.1 Å². The fourth-order valence-electron chi connectivity index (χ4n) is 8.06. The molecule has 3 aromatic heterocycles. The van der Waals surface area contributed by atoms with Gasteiger partial charge in [0, 0.05) is 65.7 Å². The van der Waals surface area contributed by atoms with Gasteiger partial charge in [0.05, 0.1) is 39.5 Å². The second-order valence-electron chi connectivity index (χ2n) is 12.7. The molecule has 4 nitrogen and oxygen atoms in total. The Morgan fingerprint density at radius 3 is 2.08 bits per heavy atom. The molecule has 9 aromatic rings. The molecule has 0 bridgehead atoms. The van der Waals surface area contributed by atoms with Crippen molar-refractivity contribution in [2.75, 3.05) is 0 Å². The topological polar surface area (TPSA) is 57.4 Å². The number of hydrogen-bond acceptors (Lipinski definition) is 3. The van der Waals surface area contributed by atoms with Crippen LogP contribution in [0.2, 0.25) is 0 Å². The van der Waals surface area contributed by atoms with E-state index in [0.717, 1.165) is 33.1 Å². The van der Waals surface area contributed by atoms with Crippen LogP contribution in [0.15, 0.2) is 145 Å². The predicted octanol–water partition coefficient (Wildman–Crippen LogP) is 11.6. The molecule has 10 rings (SSSR count). The Bertz CT molecular complexity index is 2990. The molecule has 0 spiro atoms.